The molecular formula is C25H27ClN4O4. The van der Waals surface area contributed by atoms with E-state index in [-0.39, 0.29) is 23.7 Å². The van der Waals surface area contributed by atoms with E-state index in [1.807, 2.05) is 30.3 Å². The highest BCUT2D eigenvalue weighted by Crippen LogP contribution is 2.23. The maximum Gasteiger partial charge on any atom is 0.276 e. The Bertz CT molecular complexity index is 1230. The van der Waals surface area contributed by atoms with Gasteiger partial charge in [0, 0.05) is 37.8 Å². The molecule has 9 heteroatoms. The Hall–Kier alpha value is -2.78. The van der Waals surface area contributed by atoms with Crippen LogP contribution in [-0.2, 0) is 22.6 Å². The Morgan fingerprint density at radius 1 is 1.06 bits per heavy atom. The molecule has 2 fully saturated rings. The van der Waals surface area contributed by atoms with Gasteiger partial charge < -0.3 is 14.8 Å². The molecule has 2 saturated heterocycles. The van der Waals surface area contributed by atoms with Crippen molar-refractivity contribution >= 4 is 28.4 Å². The Balaban J connectivity index is 1.48. The van der Waals surface area contributed by atoms with E-state index in [2.05, 4.69) is 15.3 Å². The van der Waals surface area contributed by atoms with E-state index in [0.717, 1.165) is 42.7 Å². The van der Waals surface area contributed by atoms with E-state index in [1.54, 1.807) is 16.8 Å². The average molecular weight is 483 g/mol. The van der Waals surface area contributed by atoms with Crippen molar-refractivity contribution in [3.05, 3.63) is 74.5 Å². The van der Waals surface area contributed by atoms with Crippen LogP contribution < -0.4 is 10.7 Å². The first-order chi connectivity index (χ1) is 16.6. The Kier molecular flexibility index (Phi) is 6.92. The van der Waals surface area contributed by atoms with Gasteiger partial charge in [-0.2, -0.15) is 5.10 Å². The lowest BCUT2D eigenvalue weighted by atomic mass is 10.1. The number of aromatic nitrogens is 2. The van der Waals surface area contributed by atoms with E-state index in [0.29, 0.717) is 36.8 Å². The van der Waals surface area contributed by atoms with Gasteiger partial charge in [-0.1, -0.05) is 29.8 Å². The third-order valence-electron chi connectivity index (χ3n) is 6.32. The number of benzene rings is 2. The summed E-state index contributed by atoms with van der Waals surface area (Å²) in [4.78, 5) is 28.8. The SMILES string of the molecule is O=C(NCc1ccc(Cl)cc1)c1nn(C2CCOC2)c2ccc(CN3CCOCC3)cc2c1=O. The van der Waals surface area contributed by atoms with Crippen LogP contribution in [0.1, 0.15) is 34.1 Å². The minimum Gasteiger partial charge on any atom is -0.379 e. The largest absolute Gasteiger partial charge is 0.379 e. The van der Waals surface area contributed by atoms with Gasteiger partial charge in [0.1, 0.15) is 0 Å². The fraction of sp³-hybridized carbons (Fsp3) is 0.400. The number of amides is 1. The number of hydrogen-bond donors (Lipinski definition) is 1. The van der Waals surface area contributed by atoms with Crippen LogP contribution in [0.15, 0.2) is 47.3 Å². The van der Waals surface area contributed by atoms with Crippen molar-refractivity contribution in [3.8, 4) is 0 Å². The first kappa shape index (κ1) is 23.0. The van der Waals surface area contributed by atoms with Crippen molar-refractivity contribution in [2.24, 2.45) is 0 Å². The van der Waals surface area contributed by atoms with E-state index >= 15 is 0 Å². The molecule has 0 saturated carbocycles. The highest BCUT2D eigenvalue weighted by atomic mass is 35.5. The first-order valence-electron chi connectivity index (χ1n) is 11.5. The molecule has 2 aliphatic rings. The molecule has 1 unspecified atom stereocenters. The van der Waals surface area contributed by atoms with E-state index in [4.69, 9.17) is 21.1 Å². The molecule has 3 heterocycles. The van der Waals surface area contributed by atoms with E-state index in [9.17, 15) is 9.59 Å². The lowest BCUT2D eigenvalue weighted by Gasteiger charge is -2.26. The van der Waals surface area contributed by atoms with Crippen molar-refractivity contribution in [2.45, 2.75) is 25.6 Å². The first-order valence-corrected chi connectivity index (χ1v) is 11.9. The van der Waals surface area contributed by atoms with Crippen LogP contribution in [0.3, 0.4) is 0 Å². The van der Waals surface area contributed by atoms with Crippen LogP contribution in [0.2, 0.25) is 5.02 Å². The molecule has 8 nitrogen and oxygen atoms in total. The number of rotatable bonds is 6. The zero-order chi connectivity index (χ0) is 23.5. The third kappa shape index (κ3) is 5.00. The summed E-state index contributed by atoms with van der Waals surface area (Å²) in [7, 11) is 0. The summed E-state index contributed by atoms with van der Waals surface area (Å²) >= 11 is 5.94. The van der Waals surface area contributed by atoms with Gasteiger partial charge in [-0.3, -0.25) is 19.2 Å². The number of halogens is 1. The van der Waals surface area contributed by atoms with E-state index < -0.39 is 5.91 Å². The van der Waals surface area contributed by atoms with Gasteiger partial charge in [-0.25, -0.2) is 0 Å². The monoisotopic (exact) mass is 482 g/mol. The number of hydrogen-bond acceptors (Lipinski definition) is 6. The zero-order valence-electron chi connectivity index (χ0n) is 18.8. The van der Waals surface area contributed by atoms with Crippen LogP contribution in [0.4, 0.5) is 0 Å². The summed E-state index contributed by atoms with van der Waals surface area (Å²) in [5.41, 5.74) is 2.18. The molecular weight excluding hydrogens is 456 g/mol. The van der Waals surface area contributed by atoms with Crippen molar-refractivity contribution in [1.82, 2.24) is 20.0 Å². The second-order valence-corrected chi connectivity index (χ2v) is 9.13. The van der Waals surface area contributed by atoms with Gasteiger partial charge >= 0.3 is 0 Å². The third-order valence-corrected chi connectivity index (χ3v) is 6.57. The summed E-state index contributed by atoms with van der Waals surface area (Å²) < 4.78 is 12.8. The predicted octanol–water partition coefficient (Wildman–Crippen LogP) is 2.77. The second-order valence-electron chi connectivity index (χ2n) is 8.69. The van der Waals surface area contributed by atoms with Crippen molar-refractivity contribution in [3.63, 3.8) is 0 Å². The van der Waals surface area contributed by atoms with Gasteiger partial charge in [0.05, 0.1) is 36.8 Å². The summed E-state index contributed by atoms with van der Waals surface area (Å²) in [5, 5.41) is 8.48. The topological polar surface area (TPSA) is 85.7 Å². The normalized spacial score (nSPS) is 18.9. The maximum atomic E-state index is 13.4. The van der Waals surface area contributed by atoms with Crippen molar-refractivity contribution in [1.29, 1.82) is 0 Å². The second kappa shape index (κ2) is 10.2. The predicted molar refractivity (Wildman–Crippen MR) is 129 cm³/mol. The number of carbonyl (C=O) groups excluding carboxylic acids is 1. The number of nitrogens with zero attached hydrogens (tertiary/aromatic N) is 3. The van der Waals surface area contributed by atoms with Gasteiger partial charge in [-0.05, 0) is 41.8 Å². The lowest BCUT2D eigenvalue weighted by molar-refractivity contribution is 0.0342. The lowest BCUT2D eigenvalue weighted by Crippen LogP contribution is -2.35. The van der Waals surface area contributed by atoms with Crippen LogP contribution >= 0.6 is 11.6 Å². The molecule has 34 heavy (non-hydrogen) atoms. The zero-order valence-corrected chi connectivity index (χ0v) is 19.6. The molecule has 1 aromatic heterocycles. The molecule has 0 bridgehead atoms. The molecule has 5 rings (SSSR count). The standard InChI is InChI=1S/C25H27ClN4O4/c26-19-4-1-17(2-5-19)14-27-25(32)23-24(31)21-13-18(15-29-8-11-33-12-9-29)3-6-22(21)30(28-23)20-7-10-34-16-20/h1-6,13,20H,7-12,14-16H2,(H,27,32). The van der Waals surface area contributed by atoms with Gasteiger partial charge in [0.25, 0.3) is 5.91 Å². The molecule has 0 aliphatic carbocycles. The quantitative estimate of drug-likeness (QED) is 0.581. The van der Waals surface area contributed by atoms with Crippen LogP contribution in [-0.4, -0.2) is 60.1 Å². The summed E-state index contributed by atoms with van der Waals surface area (Å²) in [6.07, 6.45) is 0.784. The minimum atomic E-state index is -0.493. The van der Waals surface area contributed by atoms with E-state index in [1.165, 1.54) is 0 Å². The van der Waals surface area contributed by atoms with Crippen LogP contribution in [0.5, 0.6) is 0 Å². The number of ether oxygens (including phenoxy) is 2. The maximum absolute atomic E-state index is 13.4. The van der Waals surface area contributed by atoms with Gasteiger partial charge in [0.15, 0.2) is 5.69 Å². The van der Waals surface area contributed by atoms with Crippen molar-refractivity contribution < 1.29 is 14.3 Å². The minimum absolute atomic E-state index is 0.0176. The molecule has 3 aromatic rings. The van der Waals surface area contributed by atoms with Crippen molar-refractivity contribution in [2.75, 3.05) is 39.5 Å². The number of nitrogens with one attached hydrogen (secondary N) is 1. The summed E-state index contributed by atoms with van der Waals surface area (Å²) in [5.74, 6) is -0.493. The molecule has 178 valence electrons. The fourth-order valence-corrected chi connectivity index (χ4v) is 4.55. The summed E-state index contributed by atoms with van der Waals surface area (Å²) in [6, 6.07) is 13.1. The number of carbonyl (C=O) groups is 1. The molecule has 0 radical (unpaired) electrons. The fourth-order valence-electron chi connectivity index (χ4n) is 4.43. The molecule has 2 aliphatic heterocycles. The number of morpholine rings is 1. The molecule has 1 amide bonds. The summed E-state index contributed by atoms with van der Waals surface area (Å²) in [6.45, 7) is 5.28. The average Bonchev–Trinajstić information content (AvgIpc) is 3.39. The molecule has 2 aromatic carbocycles. The smallest absolute Gasteiger partial charge is 0.276 e. The van der Waals surface area contributed by atoms with Gasteiger partial charge in [0.2, 0.25) is 5.43 Å². The highest BCUT2D eigenvalue weighted by molar-refractivity contribution is 6.30. The van der Waals surface area contributed by atoms with Crippen LogP contribution in [0.25, 0.3) is 10.9 Å². The number of fused-ring (bicyclic) bond motifs is 1. The Morgan fingerprint density at radius 3 is 2.56 bits per heavy atom. The van der Waals surface area contributed by atoms with Crippen LogP contribution in [0, 0.1) is 0 Å². The Labute approximate surface area is 202 Å². The Morgan fingerprint density at radius 2 is 1.82 bits per heavy atom. The highest BCUT2D eigenvalue weighted by Gasteiger charge is 2.24. The van der Waals surface area contributed by atoms with Gasteiger partial charge in [-0.15, -0.1) is 0 Å². The molecule has 1 atom stereocenters. The molecule has 1 N–H and O–H groups in total. The molecule has 0 spiro atoms.